The minimum Gasteiger partial charge on any atom is -0.396 e. The van der Waals surface area contributed by atoms with Crippen LogP contribution in [-0.2, 0) is 6.18 Å². The van der Waals surface area contributed by atoms with E-state index in [9.17, 15) is 13.2 Å². The van der Waals surface area contributed by atoms with Crippen LogP contribution >= 0.6 is 11.8 Å². The van der Waals surface area contributed by atoms with Gasteiger partial charge in [0, 0.05) is 22.8 Å². The highest BCUT2D eigenvalue weighted by Gasteiger charge is 2.34. The molecular formula is C11H13F3N2OS. The van der Waals surface area contributed by atoms with Crippen LogP contribution in [0.25, 0.3) is 0 Å². The second-order valence-corrected chi connectivity index (χ2v) is 4.71. The number of hydrogen-bond donors (Lipinski definition) is 3. The van der Waals surface area contributed by atoms with Gasteiger partial charge in [0.1, 0.15) is 5.84 Å². The van der Waals surface area contributed by atoms with Gasteiger partial charge in [-0.3, -0.25) is 5.41 Å². The molecule has 0 aliphatic heterocycles. The summed E-state index contributed by atoms with van der Waals surface area (Å²) in [4.78, 5) is 0.445. The molecule has 0 heterocycles. The second kappa shape index (κ2) is 6.10. The van der Waals surface area contributed by atoms with Crippen molar-refractivity contribution in [2.24, 2.45) is 5.73 Å². The van der Waals surface area contributed by atoms with Crippen molar-refractivity contribution in [2.45, 2.75) is 17.5 Å². The molecule has 3 nitrogen and oxygen atoms in total. The number of nitrogen functional groups attached to an aromatic ring is 1. The number of thioether (sulfide) groups is 1. The monoisotopic (exact) mass is 278 g/mol. The van der Waals surface area contributed by atoms with Gasteiger partial charge in [0.2, 0.25) is 0 Å². The molecule has 4 N–H and O–H groups in total. The lowest BCUT2D eigenvalue weighted by Crippen LogP contribution is -2.18. The zero-order valence-corrected chi connectivity index (χ0v) is 10.2. The van der Waals surface area contributed by atoms with Crippen molar-refractivity contribution >= 4 is 17.6 Å². The molecule has 0 atom stereocenters. The summed E-state index contributed by atoms with van der Waals surface area (Å²) < 4.78 is 38.3. The van der Waals surface area contributed by atoms with Crippen LogP contribution < -0.4 is 5.73 Å². The standard InChI is InChI=1S/C11H13F3N2OS/c12-11(13,14)9-6-7(18-5-1-4-17)2-3-8(9)10(15)16/h2-3,6,17H,1,4-5H2,(H3,15,16). The lowest BCUT2D eigenvalue weighted by Gasteiger charge is -2.13. The van der Waals surface area contributed by atoms with Crippen molar-refractivity contribution in [3.8, 4) is 0 Å². The summed E-state index contributed by atoms with van der Waals surface area (Å²) in [6.45, 7) is 0.00462. The zero-order chi connectivity index (χ0) is 13.8. The lowest BCUT2D eigenvalue weighted by molar-refractivity contribution is -0.137. The average molecular weight is 278 g/mol. The van der Waals surface area contributed by atoms with Gasteiger partial charge >= 0.3 is 6.18 Å². The molecule has 0 fully saturated rings. The summed E-state index contributed by atoms with van der Waals surface area (Å²) in [5, 5.41) is 15.7. The summed E-state index contributed by atoms with van der Waals surface area (Å²) in [6, 6.07) is 3.68. The maximum atomic E-state index is 12.8. The fourth-order valence-corrected chi connectivity index (χ4v) is 2.21. The van der Waals surface area contributed by atoms with Crippen LogP contribution in [0.4, 0.5) is 13.2 Å². The van der Waals surface area contributed by atoms with Gasteiger partial charge in [-0.15, -0.1) is 11.8 Å². The summed E-state index contributed by atoms with van der Waals surface area (Å²) in [5.41, 5.74) is 3.92. The van der Waals surface area contributed by atoms with Gasteiger partial charge in [0.25, 0.3) is 0 Å². The normalized spacial score (nSPS) is 11.6. The molecule has 0 spiro atoms. The molecular weight excluding hydrogens is 265 g/mol. The first-order valence-corrected chi connectivity index (χ1v) is 6.14. The van der Waals surface area contributed by atoms with E-state index in [1.54, 1.807) is 0 Å². The molecule has 0 aliphatic rings. The van der Waals surface area contributed by atoms with E-state index in [0.717, 1.165) is 6.07 Å². The number of nitrogens with two attached hydrogens (primary N) is 1. The molecule has 7 heteroatoms. The largest absolute Gasteiger partial charge is 0.417 e. The lowest BCUT2D eigenvalue weighted by atomic mass is 10.1. The molecule has 0 aromatic heterocycles. The molecule has 0 radical (unpaired) electrons. The molecule has 0 unspecified atom stereocenters. The molecule has 1 aromatic carbocycles. The molecule has 0 saturated heterocycles. The maximum Gasteiger partial charge on any atom is 0.417 e. The fourth-order valence-electron chi connectivity index (χ4n) is 1.34. The van der Waals surface area contributed by atoms with Gasteiger partial charge in [-0.1, -0.05) is 0 Å². The predicted molar refractivity (Wildman–Crippen MR) is 64.9 cm³/mol. The summed E-state index contributed by atoms with van der Waals surface area (Å²) in [5.74, 6) is -0.0676. The molecule has 0 saturated carbocycles. The third-order valence-corrected chi connectivity index (χ3v) is 3.24. The second-order valence-electron chi connectivity index (χ2n) is 3.54. The highest BCUT2D eigenvalue weighted by Crippen LogP contribution is 2.34. The molecule has 0 aliphatic carbocycles. The van der Waals surface area contributed by atoms with Crippen LogP contribution in [0.3, 0.4) is 0 Å². The quantitative estimate of drug-likeness (QED) is 0.335. The Labute approximate surface area is 107 Å². The molecule has 0 bridgehead atoms. The number of hydrogen-bond acceptors (Lipinski definition) is 3. The third-order valence-electron chi connectivity index (χ3n) is 2.16. The van der Waals surface area contributed by atoms with Gasteiger partial charge in [-0.05, 0) is 24.6 Å². The number of aliphatic hydroxyl groups excluding tert-OH is 1. The number of amidine groups is 1. The molecule has 1 aromatic rings. The van der Waals surface area contributed by atoms with E-state index in [1.165, 1.54) is 23.9 Å². The minimum absolute atomic E-state index is 0.00462. The molecule has 100 valence electrons. The summed E-state index contributed by atoms with van der Waals surface area (Å²) >= 11 is 1.22. The Bertz CT molecular complexity index is 435. The van der Waals surface area contributed by atoms with Crippen LogP contribution in [0.1, 0.15) is 17.5 Å². The number of alkyl halides is 3. The van der Waals surface area contributed by atoms with Crippen LogP contribution in [-0.4, -0.2) is 23.3 Å². The Morgan fingerprint density at radius 2 is 2.06 bits per heavy atom. The number of rotatable bonds is 5. The molecule has 1 rings (SSSR count). The van der Waals surface area contributed by atoms with E-state index in [1.807, 2.05) is 0 Å². The van der Waals surface area contributed by atoms with E-state index in [0.29, 0.717) is 17.1 Å². The first kappa shape index (κ1) is 14.8. The van der Waals surface area contributed by atoms with Gasteiger partial charge in [-0.25, -0.2) is 0 Å². The molecule has 0 amide bonds. The van der Waals surface area contributed by atoms with E-state index in [2.05, 4.69) is 0 Å². The third kappa shape index (κ3) is 3.92. The van der Waals surface area contributed by atoms with Crippen LogP contribution in [0, 0.1) is 5.41 Å². The Morgan fingerprint density at radius 1 is 1.39 bits per heavy atom. The van der Waals surface area contributed by atoms with Crippen molar-refractivity contribution in [2.75, 3.05) is 12.4 Å². The number of aliphatic hydroxyl groups is 1. The zero-order valence-electron chi connectivity index (χ0n) is 9.42. The first-order valence-electron chi connectivity index (χ1n) is 5.15. The Hall–Kier alpha value is -1.21. The smallest absolute Gasteiger partial charge is 0.396 e. The summed E-state index contributed by atoms with van der Waals surface area (Å²) in [6.07, 6.45) is -4.02. The topological polar surface area (TPSA) is 70.1 Å². The van der Waals surface area contributed by atoms with E-state index < -0.39 is 17.6 Å². The predicted octanol–water partition coefficient (Wildman–Crippen LogP) is 2.46. The Morgan fingerprint density at radius 3 is 2.56 bits per heavy atom. The average Bonchev–Trinajstić information content (AvgIpc) is 2.28. The van der Waals surface area contributed by atoms with Gasteiger partial charge in [0.05, 0.1) is 5.56 Å². The Kier molecular flexibility index (Phi) is 5.03. The van der Waals surface area contributed by atoms with Crippen LogP contribution in [0.15, 0.2) is 23.1 Å². The minimum atomic E-state index is -4.53. The SMILES string of the molecule is N=C(N)c1ccc(SCCCO)cc1C(F)(F)F. The first-order chi connectivity index (χ1) is 8.36. The van der Waals surface area contributed by atoms with Crippen LogP contribution in [0.5, 0.6) is 0 Å². The highest BCUT2D eigenvalue weighted by molar-refractivity contribution is 7.99. The maximum absolute atomic E-state index is 12.8. The molecule has 18 heavy (non-hydrogen) atoms. The van der Waals surface area contributed by atoms with Gasteiger partial charge in [-0.2, -0.15) is 13.2 Å². The van der Waals surface area contributed by atoms with Crippen molar-refractivity contribution < 1.29 is 18.3 Å². The van der Waals surface area contributed by atoms with Gasteiger partial charge in [0.15, 0.2) is 0 Å². The van der Waals surface area contributed by atoms with Crippen LogP contribution in [0.2, 0.25) is 0 Å². The van der Waals surface area contributed by atoms with E-state index in [4.69, 9.17) is 16.2 Å². The van der Waals surface area contributed by atoms with E-state index >= 15 is 0 Å². The highest BCUT2D eigenvalue weighted by atomic mass is 32.2. The van der Waals surface area contributed by atoms with Crippen molar-refractivity contribution in [3.63, 3.8) is 0 Å². The number of halogens is 3. The van der Waals surface area contributed by atoms with Crippen molar-refractivity contribution in [1.29, 1.82) is 5.41 Å². The fraction of sp³-hybridized carbons (Fsp3) is 0.364. The Balaban J connectivity index is 3.02. The number of nitrogens with one attached hydrogen (secondary N) is 1. The summed E-state index contributed by atoms with van der Waals surface area (Å²) in [7, 11) is 0. The number of benzene rings is 1. The van der Waals surface area contributed by atoms with Crippen molar-refractivity contribution in [1.82, 2.24) is 0 Å². The van der Waals surface area contributed by atoms with Crippen molar-refractivity contribution in [3.05, 3.63) is 29.3 Å². The van der Waals surface area contributed by atoms with E-state index in [-0.39, 0.29) is 12.2 Å². The van der Waals surface area contributed by atoms with Gasteiger partial charge < -0.3 is 10.8 Å².